The van der Waals surface area contributed by atoms with Gasteiger partial charge < -0.3 is 10.6 Å². The lowest BCUT2D eigenvalue weighted by molar-refractivity contribution is -0.116. The molecule has 1 aliphatic rings. The van der Waals surface area contributed by atoms with Crippen LogP contribution in [0.5, 0.6) is 0 Å². The van der Waals surface area contributed by atoms with Gasteiger partial charge >= 0.3 is 0 Å². The molecule has 0 saturated heterocycles. The number of anilines is 2. The molecule has 0 radical (unpaired) electrons. The third-order valence-electron chi connectivity index (χ3n) is 4.77. The molecule has 0 bridgehead atoms. The van der Waals surface area contributed by atoms with E-state index in [4.69, 9.17) is 0 Å². The number of para-hydroxylation sites is 1. The number of nitrogens with one attached hydrogen (secondary N) is 2. The first kappa shape index (κ1) is 18.3. The van der Waals surface area contributed by atoms with E-state index in [1.54, 1.807) is 31.2 Å². The molecule has 7 heteroatoms. The Balaban J connectivity index is 1.77. The van der Waals surface area contributed by atoms with Gasteiger partial charge in [0, 0.05) is 23.6 Å². The molecule has 0 aliphatic carbocycles. The summed E-state index contributed by atoms with van der Waals surface area (Å²) in [4.78, 5) is 25.3. The average Bonchev–Trinajstić information content (AvgIpc) is 2.99. The lowest BCUT2D eigenvalue weighted by Gasteiger charge is -2.24. The van der Waals surface area contributed by atoms with Crippen LogP contribution in [-0.4, -0.2) is 11.8 Å². The number of fused-ring (bicyclic) bond motifs is 1. The fourth-order valence-electron chi connectivity index (χ4n) is 3.52. The van der Waals surface area contributed by atoms with Crippen molar-refractivity contribution in [2.45, 2.75) is 19.3 Å². The van der Waals surface area contributed by atoms with Crippen LogP contribution in [0, 0.1) is 18.6 Å². The zero-order valence-corrected chi connectivity index (χ0v) is 15.7. The van der Waals surface area contributed by atoms with Crippen molar-refractivity contribution in [3.8, 4) is 0 Å². The summed E-state index contributed by atoms with van der Waals surface area (Å²) in [6.07, 6.45) is -0.0812. The van der Waals surface area contributed by atoms with E-state index in [2.05, 4.69) is 10.6 Å². The van der Waals surface area contributed by atoms with E-state index in [1.807, 2.05) is 6.07 Å². The number of carbonyl (C=O) groups excluding carboxylic acids is 2. The van der Waals surface area contributed by atoms with Crippen LogP contribution in [-0.2, 0) is 4.79 Å². The molecule has 1 aliphatic heterocycles. The number of hydrogen-bond acceptors (Lipinski definition) is 3. The maximum atomic E-state index is 14.4. The number of rotatable bonds is 3. The standard InChI is InChI=1S/C21H16F2N2O2S/c1-11-17-13(18-14(22)8-5-9-15(18)23)10-16(26)25-21(17)28-19(11)20(27)24-12-6-3-2-4-7-12/h2-9,13H,10H2,1H3,(H,24,27)(H,25,26)/t13-/m1/s1. The third kappa shape index (κ3) is 3.18. The van der Waals surface area contributed by atoms with Crippen molar-refractivity contribution in [2.75, 3.05) is 10.6 Å². The van der Waals surface area contributed by atoms with Gasteiger partial charge in [-0.15, -0.1) is 11.3 Å². The second kappa shape index (κ2) is 7.16. The van der Waals surface area contributed by atoms with Crippen LogP contribution in [0.2, 0.25) is 0 Å². The van der Waals surface area contributed by atoms with Gasteiger partial charge in [0.2, 0.25) is 5.91 Å². The highest BCUT2D eigenvalue weighted by atomic mass is 32.1. The van der Waals surface area contributed by atoms with E-state index in [0.29, 0.717) is 26.7 Å². The summed E-state index contributed by atoms with van der Waals surface area (Å²) in [5.74, 6) is -2.85. The number of amides is 2. The van der Waals surface area contributed by atoms with Gasteiger partial charge in [-0.25, -0.2) is 8.78 Å². The van der Waals surface area contributed by atoms with Crippen molar-refractivity contribution in [3.63, 3.8) is 0 Å². The Morgan fingerprint density at radius 3 is 2.43 bits per heavy atom. The van der Waals surface area contributed by atoms with Crippen LogP contribution in [0.4, 0.5) is 19.5 Å². The van der Waals surface area contributed by atoms with Gasteiger partial charge in [0.05, 0.1) is 9.88 Å². The number of halogens is 2. The van der Waals surface area contributed by atoms with Crippen LogP contribution in [0.25, 0.3) is 0 Å². The summed E-state index contributed by atoms with van der Waals surface area (Å²) in [5.41, 5.74) is 1.70. The number of carbonyl (C=O) groups is 2. The van der Waals surface area contributed by atoms with Crippen molar-refractivity contribution < 1.29 is 18.4 Å². The van der Waals surface area contributed by atoms with Crippen molar-refractivity contribution in [3.05, 3.63) is 81.7 Å². The zero-order chi connectivity index (χ0) is 19.8. The Labute approximate surface area is 164 Å². The second-order valence-electron chi connectivity index (χ2n) is 6.56. The van der Waals surface area contributed by atoms with Crippen LogP contribution in [0.1, 0.15) is 38.7 Å². The van der Waals surface area contributed by atoms with Crippen LogP contribution in [0.3, 0.4) is 0 Å². The molecule has 2 heterocycles. The molecule has 4 nitrogen and oxygen atoms in total. The quantitative estimate of drug-likeness (QED) is 0.648. The monoisotopic (exact) mass is 398 g/mol. The second-order valence-corrected chi connectivity index (χ2v) is 7.58. The van der Waals surface area contributed by atoms with E-state index in [9.17, 15) is 18.4 Å². The molecule has 2 amide bonds. The highest BCUT2D eigenvalue weighted by molar-refractivity contribution is 7.18. The maximum Gasteiger partial charge on any atom is 0.266 e. The summed E-state index contributed by atoms with van der Waals surface area (Å²) in [6, 6.07) is 12.6. The Morgan fingerprint density at radius 2 is 1.75 bits per heavy atom. The summed E-state index contributed by atoms with van der Waals surface area (Å²) >= 11 is 1.11. The van der Waals surface area contributed by atoms with E-state index >= 15 is 0 Å². The van der Waals surface area contributed by atoms with Crippen molar-refractivity contribution >= 4 is 33.8 Å². The van der Waals surface area contributed by atoms with E-state index in [0.717, 1.165) is 11.3 Å². The topological polar surface area (TPSA) is 58.2 Å². The molecular formula is C21H16F2N2O2S. The molecule has 0 unspecified atom stereocenters. The fourth-order valence-corrected chi connectivity index (χ4v) is 4.70. The lowest BCUT2D eigenvalue weighted by atomic mass is 9.84. The predicted octanol–water partition coefficient (Wildman–Crippen LogP) is 5.06. The maximum absolute atomic E-state index is 14.4. The Hall–Kier alpha value is -3.06. The Morgan fingerprint density at radius 1 is 1.07 bits per heavy atom. The van der Waals surface area contributed by atoms with Crippen molar-refractivity contribution in [1.29, 1.82) is 0 Å². The summed E-state index contributed by atoms with van der Waals surface area (Å²) in [7, 11) is 0. The highest BCUT2D eigenvalue weighted by Gasteiger charge is 2.35. The molecule has 142 valence electrons. The first-order chi connectivity index (χ1) is 13.5. The fraction of sp³-hybridized carbons (Fsp3) is 0.143. The smallest absolute Gasteiger partial charge is 0.266 e. The minimum atomic E-state index is -0.778. The zero-order valence-electron chi connectivity index (χ0n) is 14.9. The molecule has 1 aromatic heterocycles. The van der Waals surface area contributed by atoms with Gasteiger partial charge in [0.15, 0.2) is 0 Å². The van der Waals surface area contributed by atoms with E-state index in [-0.39, 0.29) is 23.8 Å². The average molecular weight is 398 g/mol. The third-order valence-corrected chi connectivity index (χ3v) is 5.99. The number of benzene rings is 2. The molecule has 4 rings (SSSR count). The van der Waals surface area contributed by atoms with Crippen molar-refractivity contribution in [1.82, 2.24) is 0 Å². The van der Waals surface area contributed by atoms with Gasteiger partial charge in [0.25, 0.3) is 5.91 Å². The molecule has 1 atom stereocenters. The highest BCUT2D eigenvalue weighted by Crippen LogP contribution is 2.46. The van der Waals surface area contributed by atoms with Crippen LogP contribution in [0.15, 0.2) is 48.5 Å². The minimum absolute atomic E-state index is 0.0812. The largest absolute Gasteiger partial charge is 0.321 e. The summed E-state index contributed by atoms with van der Waals surface area (Å²) < 4.78 is 28.8. The van der Waals surface area contributed by atoms with Gasteiger partial charge in [-0.1, -0.05) is 24.3 Å². The first-order valence-corrected chi connectivity index (χ1v) is 9.50. The first-order valence-electron chi connectivity index (χ1n) is 8.69. The van der Waals surface area contributed by atoms with E-state index < -0.39 is 17.6 Å². The SMILES string of the molecule is Cc1c(C(=O)Nc2ccccc2)sc2c1[C@H](c1c(F)cccc1F)CC(=O)N2. The molecule has 28 heavy (non-hydrogen) atoms. The predicted molar refractivity (Wildman–Crippen MR) is 105 cm³/mol. The normalized spacial score (nSPS) is 15.7. The summed E-state index contributed by atoms with van der Waals surface area (Å²) in [6.45, 7) is 1.73. The van der Waals surface area contributed by atoms with Crippen LogP contribution >= 0.6 is 11.3 Å². The molecule has 0 saturated carbocycles. The molecule has 2 aromatic carbocycles. The van der Waals surface area contributed by atoms with Gasteiger partial charge in [-0.3, -0.25) is 9.59 Å². The molecule has 0 spiro atoms. The van der Waals surface area contributed by atoms with Gasteiger partial charge in [0.1, 0.15) is 11.6 Å². The van der Waals surface area contributed by atoms with Gasteiger partial charge in [-0.2, -0.15) is 0 Å². The lowest BCUT2D eigenvalue weighted by Crippen LogP contribution is -2.24. The molecular weight excluding hydrogens is 382 g/mol. The minimum Gasteiger partial charge on any atom is -0.321 e. The van der Waals surface area contributed by atoms with Gasteiger partial charge in [-0.05, 0) is 42.3 Å². The molecule has 3 aromatic rings. The van der Waals surface area contributed by atoms with Crippen molar-refractivity contribution in [2.24, 2.45) is 0 Å². The number of hydrogen-bond donors (Lipinski definition) is 2. The molecule has 0 fully saturated rings. The summed E-state index contributed by atoms with van der Waals surface area (Å²) in [5, 5.41) is 6.00. The number of thiophene rings is 1. The Bertz CT molecular complexity index is 1060. The Kier molecular flexibility index (Phi) is 4.68. The molecule has 2 N–H and O–H groups in total. The van der Waals surface area contributed by atoms with Crippen LogP contribution < -0.4 is 10.6 Å². The van der Waals surface area contributed by atoms with E-state index in [1.165, 1.54) is 18.2 Å².